The molecule has 32 heavy (non-hydrogen) atoms. The Morgan fingerprint density at radius 1 is 0.719 bits per heavy atom. The van der Waals surface area contributed by atoms with Crippen molar-refractivity contribution in [2.75, 3.05) is 11.9 Å². The van der Waals surface area contributed by atoms with Crippen molar-refractivity contribution in [1.29, 1.82) is 0 Å². The number of rotatable bonds is 17. The molecule has 0 saturated heterocycles. The number of hydrogen-bond donors (Lipinski definition) is 3. The summed E-state index contributed by atoms with van der Waals surface area (Å²) in [6.45, 7) is 7.26. The van der Waals surface area contributed by atoms with Gasteiger partial charge in [-0.1, -0.05) is 104 Å². The molecule has 0 heterocycles. The number of amides is 2. The summed E-state index contributed by atoms with van der Waals surface area (Å²) >= 11 is 0. The van der Waals surface area contributed by atoms with E-state index in [-0.39, 0.29) is 11.4 Å². The van der Waals surface area contributed by atoms with E-state index >= 15 is 0 Å². The molecule has 1 aromatic rings. The quantitative estimate of drug-likeness (QED) is 0.215. The van der Waals surface area contributed by atoms with Crippen LogP contribution in [0.25, 0.3) is 0 Å². The highest BCUT2D eigenvalue weighted by molar-refractivity contribution is 5.89. The third kappa shape index (κ3) is 14.9. The summed E-state index contributed by atoms with van der Waals surface area (Å²) in [4.78, 5) is 22.4. The van der Waals surface area contributed by atoms with Crippen LogP contribution < -0.4 is 10.6 Å². The molecule has 0 fully saturated rings. The van der Waals surface area contributed by atoms with Gasteiger partial charge < -0.3 is 15.7 Å². The molecule has 0 aliphatic rings. The van der Waals surface area contributed by atoms with Crippen LogP contribution in [-0.2, 0) is 10.2 Å². The van der Waals surface area contributed by atoms with Crippen molar-refractivity contribution in [1.82, 2.24) is 5.32 Å². The number of carbonyl (C=O) groups is 2. The molecule has 182 valence electrons. The molecule has 5 nitrogen and oxygen atoms in total. The van der Waals surface area contributed by atoms with Gasteiger partial charge in [0.05, 0.1) is 0 Å². The zero-order valence-electron chi connectivity index (χ0n) is 20.7. The standard InChI is InChI=1S/C27H46N2O3/c1-27(2,3)23-18-20-24(21-19-23)29-26(32)28-22-16-14-12-10-8-6-4-5-7-9-11-13-15-17-25(30)31/h18-21H,4-17,22H2,1-3H3,(H,30,31)(H2,28,29,32). The van der Waals surface area contributed by atoms with E-state index in [1.54, 1.807) is 0 Å². The van der Waals surface area contributed by atoms with Crippen LogP contribution >= 0.6 is 0 Å². The van der Waals surface area contributed by atoms with Gasteiger partial charge in [-0.3, -0.25) is 4.79 Å². The van der Waals surface area contributed by atoms with E-state index < -0.39 is 5.97 Å². The highest BCUT2D eigenvalue weighted by Gasteiger charge is 2.13. The maximum absolute atomic E-state index is 12.0. The molecule has 0 spiro atoms. The molecule has 0 radical (unpaired) electrons. The molecule has 1 aromatic carbocycles. The Kier molecular flexibility index (Phi) is 14.5. The van der Waals surface area contributed by atoms with E-state index in [0.29, 0.717) is 6.42 Å². The average Bonchev–Trinajstić information content (AvgIpc) is 2.73. The van der Waals surface area contributed by atoms with Crippen LogP contribution in [0.2, 0.25) is 0 Å². The van der Waals surface area contributed by atoms with E-state index in [4.69, 9.17) is 5.11 Å². The minimum absolute atomic E-state index is 0.117. The number of carbonyl (C=O) groups excluding carboxylic acids is 1. The van der Waals surface area contributed by atoms with E-state index in [9.17, 15) is 9.59 Å². The second kappa shape index (κ2) is 16.6. The second-order valence-electron chi connectivity index (χ2n) is 9.95. The lowest BCUT2D eigenvalue weighted by molar-refractivity contribution is -0.137. The predicted octanol–water partition coefficient (Wildman–Crippen LogP) is 7.65. The molecular formula is C27H46N2O3. The van der Waals surface area contributed by atoms with Gasteiger partial charge in [0.15, 0.2) is 0 Å². The van der Waals surface area contributed by atoms with Gasteiger partial charge in [-0.05, 0) is 36.0 Å². The lowest BCUT2D eigenvalue weighted by Gasteiger charge is -2.19. The van der Waals surface area contributed by atoms with Crippen LogP contribution in [0.1, 0.15) is 116 Å². The smallest absolute Gasteiger partial charge is 0.319 e. The first kappa shape index (κ1) is 28.0. The fourth-order valence-corrected chi connectivity index (χ4v) is 3.78. The predicted molar refractivity (Wildman–Crippen MR) is 134 cm³/mol. The number of nitrogens with one attached hydrogen (secondary N) is 2. The second-order valence-corrected chi connectivity index (χ2v) is 9.95. The van der Waals surface area contributed by atoms with Crippen molar-refractivity contribution in [3.63, 3.8) is 0 Å². The molecule has 0 atom stereocenters. The highest BCUT2D eigenvalue weighted by Crippen LogP contribution is 2.23. The third-order valence-corrected chi connectivity index (χ3v) is 5.86. The number of anilines is 1. The van der Waals surface area contributed by atoms with Crippen LogP contribution in [0.15, 0.2) is 24.3 Å². The van der Waals surface area contributed by atoms with Crippen molar-refractivity contribution < 1.29 is 14.7 Å². The van der Waals surface area contributed by atoms with Crippen LogP contribution in [-0.4, -0.2) is 23.7 Å². The van der Waals surface area contributed by atoms with Crippen LogP contribution in [0.3, 0.4) is 0 Å². The summed E-state index contributed by atoms with van der Waals surface area (Å²) in [7, 11) is 0. The first-order valence-electron chi connectivity index (χ1n) is 12.7. The van der Waals surface area contributed by atoms with Gasteiger partial charge >= 0.3 is 12.0 Å². The number of benzene rings is 1. The van der Waals surface area contributed by atoms with Gasteiger partial charge in [0.1, 0.15) is 0 Å². The summed E-state index contributed by atoms with van der Waals surface area (Å²) in [5.41, 5.74) is 2.20. The average molecular weight is 447 g/mol. The molecule has 1 rings (SSSR count). The Balaban J connectivity index is 1.88. The van der Waals surface area contributed by atoms with Gasteiger partial charge in [0, 0.05) is 18.7 Å². The first-order chi connectivity index (χ1) is 15.3. The molecule has 0 aliphatic heterocycles. The number of urea groups is 1. The topological polar surface area (TPSA) is 78.4 Å². The maximum atomic E-state index is 12.0. The molecule has 0 saturated carbocycles. The minimum Gasteiger partial charge on any atom is -0.481 e. The normalized spacial score (nSPS) is 11.3. The van der Waals surface area contributed by atoms with Crippen molar-refractivity contribution in [3.8, 4) is 0 Å². The summed E-state index contributed by atoms with van der Waals surface area (Å²) < 4.78 is 0. The van der Waals surface area contributed by atoms with Crippen molar-refractivity contribution in [2.45, 2.75) is 116 Å². The first-order valence-corrected chi connectivity index (χ1v) is 12.7. The van der Waals surface area contributed by atoms with E-state index in [2.05, 4.69) is 43.5 Å². The fourth-order valence-electron chi connectivity index (χ4n) is 3.78. The largest absolute Gasteiger partial charge is 0.481 e. The third-order valence-electron chi connectivity index (χ3n) is 5.86. The maximum Gasteiger partial charge on any atom is 0.319 e. The molecule has 0 aromatic heterocycles. The molecule has 2 amide bonds. The SMILES string of the molecule is CC(C)(C)c1ccc(NC(=O)NCCCCCCCCCCCCCCCC(=O)O)cc1. The van der Waals surface area contributed by atoms with Gasteiger partial charge in [-0.15, -0.1) is 0 Å². The highest BCUT2D eigenvalue weighted by atomic mass is 16.4. The van der Waals surface area contributed by atoms with Gasteiger partial charge in [0.25, 0.3) is 0 Å². The fraction of sp³-hybridized carbons (Fsp3) is 0.704. The molecular weight excluding hydrogens is 400 g/mol. The van der Waals surface area contributed by atoms with Gasteiger partial charge in [0.2, 0.25) is 0 Å². The molecule has 0 unspecified atom stereocenters. The number of carboxylic acid groups (broad SMARTS) is 1. The van der Waals surface area contributed by atoms with Crippen molar-refractivity contribution >= 4 is 17.7 Å². The molecule has 3 N–H and O–H groups in total. The number of unbranched alkanes of at least 4 members (excludes halogenated alkanes) is 12. The van der Waals surface area contributed by atoms with E-state index in [1.807, 2.05) is 12.1 Å². The Labute approximate surface area is 195 Å². The number of aliphatic carboxylic acids is 1. The molecule has 5 heteroatoms. The minimum atomic E-state index is -0.676. The molecule has 0 aliphatic carbocycles. The monoisotopic (exact) mass is 446 g/mol. The van der Waals surface area contributed by atoms with E-state index in [0.717, 1.165) is 37.9 Å². The van der Waals surface area contributed by atoms with Crippen molar-refractivity contribution in [2.24, 2.45) is 0 Å². The molecule has 0 bridgehead atoms. The van der Waals surface area contributed by atoms with Crippen LogP contribution in [0.4, 0.5) is 10.5 Å². The van der Waals surface area contributed by atoms with Gasteiger partial charge in [-0.25, -0.2) is 4.79 Å². The Bertz CT molecular complexity index is 635. The van der Waals surface area contributed by atoms with Gasteiger partial charge in [-0.2, -0.15) is 0 Å². The Morgan fingerprint density at radius 2 is 1.16 bits per heavy atom. The summed E-state index contributed by atoms with van der Waals surface area (Å²) in [5.74, 6) is -0.676. The lowest BCUT2D eigenvalue weighted by Crippen LogP contribution is -2.29. The number of hydrogen-bond acceptors (Lipinski definition) is 2. The van der Waals surface area contributed by atoms with Crippen molar-refractivity contribution in [3.05, 3.63) is 29.8 Å². The Hall–Kier alpha value is -2.04. The zero-order valence-corrected chi connectivity index (χ0v) is 20.7. The van der Waals surface area contributed by atoms with Crippen LogP contribution in [0.5, 0.6) is 0 Å². The summed E-state index contributed by atoms with van der Waals surface area (Å²) in [5, 5.41) is 14.4. The zero-order chi connectivity index (χ0) is 23.7. The van der Waals surface area contributed by atoms with Crippen LogP contribution in [0, 0.1) is 0 Å². The van der Waals surface area contributed by atoms with E-state index in [1.165, 1.54) is 63.4 Å². The summed E-state index contributed by atoms with van der Waals surface area (Å²) in [6, 6.07) is 7.93. The Morgan fingerprint density at radius 3 is 1.59 bits per heavy atom. The lowest BCUT2D eigenvalue weighted by atomic mass is 9.87. The number of carboxylic acids is 1. The summed E-state index contributed by atoms with van der Waals surface area (Å²) in [6.07, 6.45) is 15.8.